The molecule has 2 N–H and O–H groups in total. The second-order valence-electron chi connectivity index (χ2n) is 11.4. The summed E-state index contributed by atoms with van der Waals surface area (Å²) in [6.45, 7) is 5.58. The fraction of sp³-hybridized carbons (Fsp3) is 0.294. The van der Waals surface area contributed by atoms with Crippen LogP contribution in [0.1, 0.15) is 28.5 Å². The summed E-state index contributed by atoms with van der Waals surface area (Å²) >= 11 is 1.21. The number of nitrogens with one attached hydrogen (secondary N) is 1. The highest BCUT2D eigenvalue weighted by atomic mass is 32.2. The van der Waals surface area contributed by atoms with E-state index < -0.39 is 27.9 Å². The fourth-order valence-electron chi connectivity index (χ4n) is 4.84. The fourth-order valence-corrected chi connectivity index (χ4v) is 6.18. The number of amides is 3. The number of alkyl halides is 3. The number of hydrogen-bond acceptors (Lipinski definition) is 11. The van der Waals surface area contributed by atoms with Crippen LogP contribution in [-0.4, -0.2) is 102 Å². The number of rotatable bonds is 9. The molecule has 0 saturated carbocycles. The molecular weight excluding hydrogens is 744 g/mol. The van der Waals surface area contributed by atoms with Crippen molar-refractivity contribution in [1.82, 2.24) is 19.8 Å². The van der Waals surface area contributed by atoms with Gasteiger partial charge in [0.05, 0.1) is 29.3 Å². The molecule has 282 valence electrons. The number of aliphatic carboxylic acids is 1. The number of carboxylic acid groups (broad SMARTS) is 1. The Morgan fingerprint density at radius 2 is 1.62 bits per heavy atom. The van der Waals surface area contributed by atoms with Crippen LogP contribution in [-0.2, 0) is 30.6 Å². The lowest BCUT2D eigenvalue weighted by Crippen LogP contribution is -2.51. The highest BCUT2D eigenvalue weighted by molar-refractivity contribution is 7.90. The highest BCUT2D eigenvalue weighted by Gasteiger charge is 2.38. The minimum Gasteiger partial charge on any atom is -0.475 e. The van der Waals surface area contributed by atoms with Crippen molar-refractivity contribution in [3.63, 3.8) is 0 Å². The van der Waals surface area contributed by atoms with Crippen molar-refractivity contribution in [1.29, 1.82) is 0 Å². The van der Waals surface area contributed by atoms with Crippen LogP contribution in [0.25, 0.3) is 11.3 Å². The summed E-state index contributed by atoms with van der Waals surface area (Å²) in [5.74, 6) is -2.56. The molecule has 5 rings (SSSR count). The minimum absolute atomic E-state index is 0.0658. The van der Waals surface area contributed by atoms with E-state index in [1.54, 1.807) is 58.6 Å². The van der Waals surface area contributed by atoms with Gasteiger partial charge < -0.3 is 24.4 Å². The number of hydrogen-bond donors (Lipinski definition) is 2. The van der Waals surface area contributed by atoms with Crippen LogP contribution < -0.4 is 10.1 Å². The van der Waals surface area contributed by atoms with Gasteiger partial charge in [0.15, 0.2) is 15.0 Å². The first-order valence-electron chi connectivity index (χ1n) is 15.7. The first kappa shape index (κ1) is 40.2. The van der Waals surface area contributed by atoms with Crippen molar-refractivity contribution in [2.45, 2.75) is 31.3 Å². The van der Waals surface area contributed by atoms with Crippen LogP contribution in [0.3, 0.4) is 0 Å². The number of carbonyl (C=O) groups excluding carboxylic acids is 3. The first-order chi connectivity index (χ1) is 24.9. The quantitative estimate of drug-likeness (QED) is 0.221. The summed E-state index contributed by atoms with van der Waals surface area (Å²) in [5, 5.41) is 12.0. The van der Waals surface area contributed by atoms with Gasteiger partial charge in [-0.3, -0.25) is 19.9 Å². The molecule has 3 heterocycles. The van der Waals surface area contributed by atoms with Crippen molar-refractivity contribution in [2.24, 2.45) is 0 Å². The number of halogens is 3. The van der Waals surface area contributed by atoms with E-state index in [1.807, 2.05) is 19.1 Å². The normalized spacial score (nSPS) is 13.0. The standard InChI is InChI=1S/C32H33N5O7S2.C2HF3O2/c1-4-43-32(40)37-14-12-36(13-15-37)28(38)19-24-20-45-31(34-24)35-30(39)23-16-22(29-21(2)6-5-11-33-29)17-26(18-23)44-25-7-9-27(10-8-25)46(3,41)42;3-2(4,5)1(6)7/h5-11,16-18,20H,4,12-15,19H2,1-3H3,(H,34,35,39);(H,6,7). The Balaban J connectivity index is 0.000000815. The van der Waals surface area contributed by atoms with Crippen LogP contribution in [0.5, 0.6) is 11.5 Å². The predicted molar refractivity (Wildman–Crippen MR) is 187 cm³/mol. The second kappa shape index (κ2) is 17.3. The molecule has 0 bridgehead atoms. The van der Waals surface area contributed by atoms with Crippen LogP contribution in [0.15, 0.2) is 71.1 Å². The number of ether oxygens (including phenoxy) is 2. The molecule has 14 nitrogen and oxygen atoms in total. The van der Waals surface area contributed by atoms with E-state index in [9.17, 15) is 36.0 Å². The number of piperazine rings is 1. The number of pyridine rings is 1. The maximum Gasteiger partial charge on any atom is 0.490 e. The Morgan fingerprint density at radius 3 is 2.21 bits per heavy atom. The highest BCUT2D eigenvalue weighted by Crippen LogP contribution is 2.31. The van der Waals surface area contributed by atoms with Gasteiger partial charge in [-0.15, -0.1) is 11.3 Å². The molecule has 2 aromatic carbocycles. The Morgan fingerprint density at radius 1 is 0.981 bits per heavy atom. The molecule has 3 amide bonds. The summed E-state index contributed by atoms with van der Waals surface area (Å²) in [4.78, 5) is 59.6. The second-order valence-corrected chi connectivity index (χ2v) is 14.3. The third-order valence-corrected chi connectivity index (χ3v) is 9.38. The molecule has 0 spiro atoms. The summed E-state index contributed by atoms with van der Waals surface area (Å²) < 4.78 is 66.5. The lowest BCUT2D eigenvalue weighted by Gasteiger charge is -2.34. The Kier molecular flexibility index (Phi) is 13.1. The molecule has 0 unspecified atom stereocenters. The SMILES string of the molecule is CCOC(=O)N1CCN(C(=O)Cc2csc(NC(=O)c3cc(Oc4ccc(S(C)(=O)=O)cc4)cc(-c4ncccc4C)c3)n2)CC1.O=C(O)C(F)(F)F. The van der Waals surface area contributed by atoms with Crippen molar-refractivity contribution in [3.05, 3.63) is 83.0 Å². The lowest BCUT2D eigenvalue weighted by molar-refractivity contribution is -0.192. The van der Waals surface area contributed by atoms with Gasteiger partial charge in [0.1, 0.15) is 11.5 Å². The third kappa shape index (κ3) is 11.5. The molecule has 2 aromatic heterocycles. The van der Waals surface area contributed by atoms with E-state index >= 15 is 0 Å². The van der Waals surface area contributed by atoms with Gasteiger partial charge in [0.2, 0.25) is 5.91 Å². The zero-order valence-corrected chi connectivity index (χ0v) is 30.2. The Hall–Kier alpha value is -5.56. The number of anilines is 1. The van der Waals surface area contributed by atoms with Gasteiger partial charge in [0.25, 0.3) is 5.91 Å². The number of carbonyl (C=O) groups is 4. The maximum atomic E-state index is 13.4. The molecule has 1 saturated heterocycles. The van der Waals surface area contributed by atoms with E-state index in [0.717, 1.165) is 11.8 Å². The van der Waals surface area contributed by atoms with Gasteiger partial charge in [-0.05, 0) is 67.9 Å². The number of sulfone groups is 1. The average Bonchev–Trinajstić information content (AvgIpc) is 3.54. The van der Waals surface area contributed by atoms with E-state index in [-0.39, 0.29) is 28.9 Å². The predicted octanol–water partition coefficient (Wildman–Crippen LogP) is 5.44. The van der Waals surface area contributed by atoms with Crippen molar-refractivity contribution in [2.75, 3.05) is 44.4 Å². The zero-order valence-electron chi connectivity index (χ0n) is 28.5. The van der Waals surface area contributed by atoms with Gasteiger partial charge >= 0.3 is 18.2 Å². The van der Waals surface area contributed by atoms with Crippen LogP contribution in [0.2, 0.25) is 0 Å². The number of carboxylic acids is 1. The largest absolute Gasteiger partial charge is 0.490 e. The van der Waals surface area contributed by atoms with Gasteiger partial charge in [-0.2, -0.15) is 13.2 Å². The lowest BCUT2D eigenvalue weighted by atomic mass is 10.0. The van der Waals surface area contributed by atoms with Crippen molar-refractivity contribution < 1.29 is 55.3 Å². The topological polar surface area (TPSA) is 185 Å². The number of benzene rings is 2. The summed E-state index contributed by atoms with van der Waals surface area (Å²) in [6.07, 6.45) is -2.60. The van der Waals surface area contributed by atoms with E-state index in [0.29, 0.717) is 66.4 Å². The number of thiazole rings is 1. The number of nitrogens with zero attached hydrogens (tertiary/aromatic N) is 4. The third-order valence-electron chi connectivity index (χ3n) is 7.44. The monoisotopic (exact) mass is 777 g/mol. The Bertz CT molecular complexity index is 2070. The van der Waals surface area contributed by atoms with E-state index in [1.165, 1.54) is 23.5 Å². The van der Waals surface area contributed by atoms with E-state index in [2.05, 4.69) is 15.3 Å². The summed E-state index contributed by atoms with van der Waals surface area (Å²) in [7, 11) is -3.37. The molecule has 53 heavy (non-hydrogen) atoms. The van der Waals surface area contributed by atoms with Crippen LogP contribution >= 0.6 is 11.3 Å². The summed E-state index contributed by atoms with van der Waals surface area (Å²) in [6, 6.07) is 14.8. The molecule has 19 heteroatoms. The molecule has 0 aliphatic carbocycles. The molecule has 0 atom stereocenters. The number of aryl methyl sites for hydroxylation is 1. The van der Waals surface area contributed by atoms with Gasteiger partial charge in [0, 0.05) is 55.1 Å². The number of aromatic nitrogens is 2. The summed E-state index contributed by atoms with van der Waals surface area (Å²) in [5.41, 5.74) is 3.05. The minimum atomic E-state index is -5.08. The molecule has 1 aliphatic rings. The molecular formula is C34H34F3N5O9S2. The molecule has 1 fully saturated rings. The molecule has 4 aromatic rings. The Labute approximate surface area is 306 Å². The first-order valence-corrected chi connectivity index (χ1v) is 18.5. The van der Waals surface area contributed by atoms with Gasteiger partial charge in [-0.1, -0.05) is 6.07 Å². The maximum absolute atomic E-state index is 13.4. The zero-order chi connectivity index (χ0) is 38.9. The smallest absolute Gasteiger partial charge is 0.475 e. The van der Waals surface area contributed by atoms with Gasteiger partial charge in [-0.25, -0.2) is 23.0 Å². The van der Waals surface area contributed by atoms with Crippen molar-refractivity contribution >= 4 is 50.2 Å². The van der Waals surface area contributed by atoms with Crippen molar-refractivity contribution in [3.8, 4) is 22.8 Å². The average molecular weight is 778 g/mol. The van der Waals surface area contributed by atoms with Crippen LogP contribution in [0.4, 0.5) is 23.1 Å². The van der Waals surface area contributed by atoms with Crippen LogP contribution in [0, 0.1) is 6.92 Å². The van der Waals surface area contributed by atoms with E-state index in [4.69, 9.17) is 19.4 Å². The molecule has 0 radical (unpaired) electrons. The molecule has 1 aliphatic heterocycles.